The Balaban J connectivity index is 0.000000314. The van der Waals surface area contributed by atoms with E-state index in [1.54, 1.807) is 11.1 Å². The van der Waals surface area contributed by atoms with E-state index in [9.17, 15) is 0 Å². The van der Waals surface area contributed by atoms with Gasteiger partial charge in [0.1, 0.15) is 0 Å². The molecule has 13 rings (SSSR count). The van der Waals surface area contributed by atoms with E-state index in [4.69, 9.17) is 9.98 Å². The summed E-state index contributed by atoms with van der Waals surface area (Å²) < 4.78 is 2.58. The van der Waals surface area contributed by atoms with E-state index < -0.39 is 0 Å². The van der Waals surface area contributed by atoms with Crippen LogP contribution in [0.1, 0.15) is 162 Å². The number of hydrogen-bond donors (Lipinski definition) is 2. The number of fused-ring (bicyclic) bond motifs is 8. The summed E-state index contributed by atoms with van der Waals surface area (Å²) in [5.74, 6) is 1.50. The summed E-state index contributed by atoms with van der Waals surface area (Å²) in [5.41, 5.74) is 28.3. The lowest BCUT2D eigenvalue weighted by Gasteiger charge is -2.33. The second kappa shape index (κ2) is 24.9. The Bertz CT molecular complexity index is 3720. The van der Waals surface area contributed by atoms with Crippen LogP contribution in [0.4, 0.5) is 5.69 Å². The van der Waals surface area contributed by atoms with Crippen LogP contribution in [-0.4, -0.2) is 29.8 Å². The maximum atomic E-state index is 5.24. The quantitative estimate of drug-likeness (QED) is 0.0893. The number of aliphatic imine (C=N–C) groups is 2. The molecule has 1 aromatic heterocycles. The number of dihydropyridines is 1. The molecule has 7 aromatic rings. The zero-order chi connectivity index (χ0) is 56.7. The van der Waals surface area contributed by atoms with Crippen LogP contribution in [0.15, 0.2) is 196 Å². The van der Waals surface area contributed by atoms with E-state index in [2.05, 4.69) is 220 Å². The van der Waals surface area contributed by atoms with Gasteiger partial charge >= 0.3 is 0 Å². The molecule has 0 bridgehead atoms. The third-order valence-corrected chi connectivity index (χ3v) is 17.8. The number of rotatable bonds is 13. The highest BCUT2D eigenvalue weighted by molar-refractivity contribution is 6.16. The van der Waals surface area contributed by atoms with Gasteiger partial charge in [-0.05, 0) is 153 Å². The Labute approximate surface area is 483 Å². The number of aromatic nitrogens is 1. The van der Waals surface area contributed by atoms with Crippen molar-refractivity contribution in [1.82, 2.24) is 15.3 Å². The fourth-order valence-electron chi connectivity index (χ4n) is 13.7. The van der Waals surface area contributed by atoms with Gasteiger partial charge in [0.2, 0.25) is 0 Å². The van der Waals surface area contributed by atoms with Crippen molar-refractivity contribution in [1.29, 1.82) is 0 Å². The standard InChI is InChI=1S/C58H57N3.C13H15N3.2C2H6/c1-6-13-44-39(7-2)31-41-21-18-38(30-47(41)44)36-59-35-37-19-23-43(24-20-37)61-55-27-22-42(58(5)29-28-52-50(34-58)45-16-11-12-17-51(45)57(52,3)4)32-48(55)46-25-26-53-49(56(46)61)33-54(60-53)40-14-9-8-10-15-40;1-14-16-10-12-5-2-3-7-13(12)11-6-4-8-15-9-11;2*1-2/h8-12,14-19,21-23,25-30,32,35,39,44H,6-7,13,20,24,31,33-34,36H2,1-5H3;2-8,15-16H,1,9-10H2;2*1-2H3. The molecule has 0 saturated heterocycles. The van der Waals surface area contributed by atoms with Gasteiger partial charge in [-0.15, -0.1) is 0 Å². The number of hydrazone groups is 1. The lowest BCUT2D eigenvalue weighted by molar-refractivity contribution is 0.418. The van der Waals surface area contributed by atoms with Crippen LogP contribution >= 0.6 is 0 Å². The average molecular weight is 1070 g/mol. The molecule has 0 spiro atoms. The first-order valence-corrected chi connectivity index (χ1v) is 30.3. The van der Waals surface area contributed by atoms with Crippen LogP contribution in [0.5, 0.6) is 0 Å². The summed E-state index contributed by atoms with van der Waals surface area (Å²) in [6, 6.07) is 47.2. The summed E-state index contributed by atoms with van der Waals surface area (Å²) in [5, 5.41) is 9.52. The number of nitrogens with zero attached hydrogens (tertiary/aromatic N) is 4. The maximum absolute atomic E-state index is 5.24. The van der Waals surface area contributed by atoms with Crippen LogP contribution in [-0.2, 0) is 36.8 Å². The molecule has 3 unspecified atom stereocenters. The number of benzene rings is 6. The Hall–Kier alpha value is -7.83. The van der Waals surface area contributed by atoms with E-state index in [-0.39, 0.29) is 10.8 Å². The summed E-state index contributed by atoms with van der Waals surface area (Å²) in [6.45, 7) is 25.6. The van der Waals surface area contributed by atoms with Gasteiger partial charge in [0.05, 0.1) is 35.5 Å². The first kappa shape index (κ1) is 56.4. The molecule has 4 aliphatic carbocycles. The molecule has 0 amide bonds. The highest BCUT2D eigenvalue weighted by atomic mass is 15.3. The van der Waals surface area contributed by atoms with Crippen molar-refractivity contribution in [2.24, 2.45) is 21.0 Å². The van der Waals surface area contributed by atoms with Gasteiger partial charge in [0, 0.05) is 58.8 Å². The van der Waals surface area contributed by atoms with Gasteiger partial charge in [-0.25, -0.2) is 0 Å². The fraction of sp³-hybridized carbons (Fsp3) is 0.320. The molecule has 6 aromatic carbocycles. The topological polar surface area (TPSA) is 66.1 Å². The monoisotopic (exact) mass is 1070 g/mol. The van der Waals surface area contributed by atoms with Crippen molar-refractivity contribution >= 4 is 63.0 Å². The zero-order valence-electron chi connectivity index (χ0n) is 49.7. The summed E-state index contributed by atoms with van der Waals surface area (Å²) in [6.07, 6.45) is 26.7. The number of hydrogen-bond acceptors (Lipinski definition) is 5. The normalized spacial score (nSPS) is 19.8. The molecular formula is C75H84N6. The Morgan fingerprint density at radius 3 is 2.36 bits per heavy atom. The zero-order valence-corrected chi connectivity index (χ0v) is 49.7. The van der Waals surface area contributed by atoms with Gasteiger partial charge in [-0.1, -0.05) is 209 Å². The molecule has 2 aliphatic heterocycles. The first-order chi connectivity index (χ1) is 39.6. The Morgan fingerprint density at radius 1 is 0.815 bits per heavy atom. The Morgan fingerprint density at radius 2 is 1.60 bits per heavy atom. The predicted octanol–water partition coefficient (Wildman–Crippen LogP) is 18.7. The summed E-state index contributed by atoms with van der Waals surface area (Å²) >= 11 is 0. The van der Waals surface area contributed by atoms with Crippen molar-refractivity contribution in [2.75, 3.05) is 6.54 Å². The molecule has 3 atom stereocenters. The molecule has 414 valence electrons. The molecule has 6 heteroatoms. The molecule has 3 heterocycles. The third-order valence-electron chi connectivity index (χ3n) is 17.8. The molecular weight excluding hydrogens is 985 g/mol. The van der Waals surface area contributed by atoms with Crippen molar-refractivity contribution in [3.8, 4) is 0 Å². The lowest BCUT2D eigenvalue weighted by Crippen LogP contribution is -2.24. The van der Waals surface area contributed by atoms with E-state index in [0.717, 1.165) is 56.1 Å². The molecule has 6 aliphatic rings. The largest absolute Gasteiger partial charge is 0.387 e. The smallest absolute Gasteiger partial charge is 0.0690 e. The predicted molar refractivity (Wildman–Crippen MR) is 349 cm³/mol. The summed E-state index contributed by atoms with van der Waals surface area (Å²) in [7, 11) is 0. The van der Waals surface area contributed by atoms with Crippen molar-refractivity contribution < 1.29 is 0 Å². The third kappa shape index (κ3) is 11.1. The highest BCUT2D eigenvalue weighted by Crippen LogP contribution is 2.54. The van der Waals surface area contributed by atoms with Gasteiger partial charge in [-0.3, -0.25) is 9.98 Å². The van der Waals surface area contributed by atoms with Crippen LogP contribution in [0.25, 0.3) is 38.6 Å². The number of nitrogens with one attached hydrogen (secondary N) is 2. The fourth-order valence-corrected chi connectivity index (χ4v) is 13.7. The van der Waals surface area contributed by atoms with E-state index in [0.29, 0.717) is 12.5 Å². The SMILES string of the molecule is C=NNCc1ccccc1C1=CC=CNC1.CC.CC.CCCC1c2cc(CN=CC3=CC=C(n4c5ccc(C6(C)C=CC7=C(C6)c6ccccc6C7(C)C)cc5c5ccc6c(c54)CC(c4ccccc4)=N6)CC3)ccc2CC1CC. The van der Waals surface area contributed by atoms with Crippen molar-refractivity contribution in [3.05, 3.63) is 237 Å². The van der Waals surface area contributed by atoms with E-state index in [1.807, 2.05) is 46.0 Å². The van der Waals surface area contributed by atoms with Crippen LogP contribution in [0.2, 0.25) is 0 Å². The van der Waals surface area contributed by atoms with Crippen molar-refractivity contribution in [2.45, 2.75) is 144 Å². The van der Waals surface area contributed by atoms with Crippen molar-refractivity contribution in [3.63, 3.8) is 0 Å². The van der Waals surface area contributed by atoms with Gasteiger partial charge < -0.3 is 15.3 Å². The lowest BCUT2D eigenvalue weighted by atomic mass is 9.70. The first-order valence-electron chi connectivity index (χ1n) is 30.3. The second-order valence-electron chi connectivity index (χ2n) is 22.9. The van der Waals surface area contributed by atoms with E-state index >= 15 is 0 Å². The molecule has 81 heavy (non-hydrogen) atoms. The molecule has 6 nitrogen and oxygen atoms in total. The minimum absolute atomic E-state index is 0.0224. The molecule has 2 N–H and O–H groups in total. The highest BCUT2D eigenvalue weighted by Gasteiger charge is 2.42. The van der Waals surface area contributed by atoms with Gasteiger partial charge in [-0.2, -0.15) is 5.10 Å². The van der Waals surface area contributed by atoms with E-state index in [1.165, 1.54) is 120 Å². The van der Waals surface area contributed by atoms with Crippen LogP contribution in [0, 0.1) is 5.92 Å². The molecule has 0 saturated carbocycles. The van der Waals surface area contributed by atoms with Crippen LogP contribution < -0.4 is 10.7 Å². The maximum Gasteiger partial charge on any atom is 0.0690 e. The van der Waals surface area contributed by atoms with Gasteiger partial charge in [0.25, 0.3) is 0 Å². The second-order valence-corrected chi connectivity index (χ2v) is 22.9. The minimum atomic E-state index is -0.120. The molecule has 0 fully saturated rings. The average Bonchev–Trinajstić information content (AvgIpc) is 4.46. The minimum Gasteiger partial charge on any atom is -0.387 e. The van der Waals surface area contributed by atoms with Crippen LogP contribution in [0.3, 0.4) is 0 Å². The Kier molecular flexibility index (Phi) is 17.3. The molecule has 0 radical (unpaired) electrons. The summed E-state index contributed by atoms with van der Waals surface area (Å²) in [4.78, 5) is 10.3. The number of allylic oxidation sites excluding steroid dienone is 10. The van der Waals surface area contributed by atoms with Gasteiger partial charge in [0.15, 0.2) is 0 Å².